The van der Waals surface area contributed by atoms with E-state index in [1.54, 1.807) is 29.9 Å². The molecule has 0 bridgehead atoms. The van der Waals surface area contributed by atoms with Crippen LogP contribution in [0.5, 0.6) is 0 Å². The number of rotatable bonds is 2. The molecule has 0 aromatic carbocycles. The van der Waals surface area contributed by atoms with Crippen molar-refractivity contribution in [2.24, 2.45) is 0 Å². The molecule has 3 aromatic heterocycles. The van der Waals surface area contributed by atoms with E-state index in [-0.39, 0.29) is 5.91 Å². The molecule has 6 nitrogen and oxygen atoms in total. The summed E-state index contributed by atoms with van der Waals surface area (Å²) in [4.78, 5) is 23.4. The van der Waals surface area contributed by atoms with Crippen molar-refractivity contribution >= 4 is 17.2 Å². The SMILES string of the molecule is O=C(c1ccnnc1)N1CCc2ncnc(-c3ccsc3)c2CC1. The maximum atomic E-state index is 12.6. The molecule has 0 N–H and O–H groups in total. The van der Waals surface area contributed by atoms with Crippen LogP contribution < -0.4 is 0 Å². The molecule has 4 heterocycles. The fourth-order valence-electron chi connectivity index (χ4n) is 2.98. The van der Waals surface area contributed by atoms with Crippen molar-refractivity contribution in [2.75, 3.05) is 13.1 Å². The Bertz CT molecular complexity index is 851. The summed E-state index contributed by atoms with van der Waals surface area (Å²) in [7, 11) is 0. The highest BCUT2D eigenvalue weighted by Crippen LogP contribution is 2.27. The summed E-state index contributed by atoms with van der Waals surface area (Å²) in [6.45, 7) is 1.30. The van der Waals surface area contributed by atoms with Crippen molar-refractivity contribution in [3.05, 3.63) is 58.4 Å². The van der Waals surface area contributed by atoms with Crippen LogP contribution in [0.4, 0.5) is 0 Å². The summed E-state index contributed by atoms with van der Waals surface area (Å²) < 4.78 is 0. The van der Waals surface area contributed by atoms with Crippen LogP contribution in [0.1, 0.15) is 21.6 Å². The lowest BCUT2D eigenvalue weighted by molar-refractivity contribution is 0.0762. The van der Waals surface area contributed by atoms with Gasteiger partial charge >= 0.3 is 0 Å². The van der Waals surface area contributed by atoms with Crippen LogP contribution in [0.3, 0.4) is 0 Å². The van der Waals surface area contributed by atoms with Crippen LogP contribution in [0.25, 0.3) is 11.3 Å². The van der Waals surface area contributed by atoms with Gasteiger partial charge in [0, 0.05) is 41.7 Å². The zero-order chi connectivity index (χ0) is 16.4. The molecule has 1 amide bonds. The Labute approximate surface area is 143 Å². The average Bonchev–Trinajstić information content (AvgIpc) is 3.08. The zero-order valence-corrected chi connectivity index (χ0v) is 13.7. The summed E-state index contributed by atoms with van der Waals surface area (Å²) in [6.07, 6.45) is 6.16. The molecule has 0 fully saturated rings. The van der Waals surface area contributed by atoms with E-state index in [2.05, 4.69) is 31.6 Å². The van der Waals surface area contributed by atoms with E-state index in [1.165, 1.54) is 6.20 Å². The van der Waals surface area contributed by atoms with Crippen LogP contribution in [0.15, 0.2) is 41.6 Å². The predicted molar refractivity (Wildman–Crippen MR) is 90.7 cm³/mol. The van der Waals surface area contributed by atoms with Crippen molar-refractivity contribution in [1.82, 2.24) is 25.1 Å². The Hall–Kier alpha value is -2.67. The number of hydrogen-bond acceptors (Lipinski definition) is 6. The van der Waals surface area contributed by atoms with E-state index in [1.807, 2.05) is 10.3 Å². The number of nitrogens with zero attached hydrogens (tertiary/aromatic N) is 5. The van der Waals surface area contributed by atoms with Crippen molar-refractivity contribution in [2.45, 2.75) is 12.8 Å². The predicted octanol–water partition coefficient (Wildman–Crippen LogP) is 2.24. The number of hydrogen-bond donors (Lipinski definition) is 0. The molecular formula is C17H15N5OS. The third-order valence-electron chi connectivity index (χ3n) is 4.20. The van der Waals surface area contributed by atoms with Crippen molar-refractivity contribution in [3.8, 4) is 11.3 Å². The first kappa shape index (κ1) is 14.9. The van der Waals surface area contributed by atoms with Crippen LogP contribution >= 0.6 is 11.3 Å². The van der Waals surface area contributed by atoms with E-state index in [0.717, 1.165) is 35.4 Å². The van der Waals surface area contributed by atoms with Gasteiger partial charge in [0.05, 0.1) is 23.7 Å². The molecular weight excluding hydrogens is 322 g/mol. The molecule has 0 spiro atoms. The molecule has 4 rings (SSSR count). The minimum Gasteiger partial charge on any atom is -0.338 e. The van der Waals surface area contributed by atoms with Crippen molar-refractivity contribution in [3.63, 3.8) is 0 Å². The summed E-state index contributed by atoms with van der Waals surface area (Å²) in [5.74, 6) is -0.0113. The smallest absolute Gasteiger partial charge is 0.255 e. The van der Waals surface area contributed by atoms with Gasteiger partial charge in [-0.3, -0.25) is 4.79 Å². The summed E-state index contributed by atoms with van der Waals surface area (Å²) in [5, 5.41) is 11.7. The van der Waals surface area contributed by atoms with Gasteiger partial charge in [-0.15, -0.1) is 0 Å². The lowest BCUT2D eigenvalue weighted by Crippen LogP contribution is -2.33. The molecule has 120 valence electrons. The monoisotopic (exact) mass is 337 g/mol. The largest absolute Gasteiger partial charge is 0.338 e. The third kappa shape index (κ3) is 2.78. The number of carbonyl (C=O) groups excluding carboxylic acids is 1. The minimum atomic E-state index is -0.0113. The lowest BCUT2D eigenvalue weighted by atomic mass is 10.0. The average molecular weight is 337 g/mol. The second kappa shape index (κ2) is 6.45. The molecule has 0 atom stereocenters. The van der Waals surface area contributed by atoms with Gasteiger partial charge in [0.25, 0.3) is 5.91 Å². The second-order valence-electron chi connectivity index (χ2n) is 5.58. The molecule has 0 saturated heterocycles. The van der Waals surface area contributed by atoms with E-state index >= 15 is 0 Å². The molecule has 0 unspecified atom stereocenters. The molecule has 3 aromatic rings. The first-order valence-corrected chi connectivity index (χ1v) is 8.68. The summed E-state index contributed by atoms with van der Waals surface area (Å²) >= 11 is 1.66. The third-order valence-corrected chi connectivity index (χ3v) is 4.88. The van der Waals surface area contributed by atoms with Gasteiger partial charge in [-0.25, -0.2) is 9.97 Å². The van der Waals surface area contributed by atoms with E-state index in [4.69, 9.17) is 0 Å². The van der Waals surface area contributed by atoms with Gasteiger partial charge in [0.15, 0.2) is 0 Å². The normalized spacial score (nSPS) is 14.1. The van der Waals surface area contributed by atoms with Crippen molar-refractivity contribution in [1.29, 1.82) is 0 Å². The highest BCUT2D eigenvalue weighted by atomic mass is 32.1. The van der Waals surface area contributed by atoms with Gasteiger partial charge in [0.2, 0.25) is 0 Å². The molecule has 0 radical (unpaired) electrons. The van der Waals surface area contributed by atoms with Gasteiger partial charge in [-0.1, -0.05) is 0 Å². The first-order valence-electron chi connectivity index (χ1n) is 7.74. The Morgan fingerprint density at radius 1 is 1.12 bits per heavy atom. The molecule has 1 aliphatic heterocycles. The molecule has 0 saturated carbocycles. The number of thiophene rings is 1. The molecule has 24 heavy (non-hydrogen) atoms. The Kier molecular flexibility index (Phi) is 4.00. The number of amides is 1. The highest BCUT2D eigenvalue weighted by molar-refractivity contribution is 7.08. The van der Waals surface area contributed by atoms with Crippen LogP contribution in [-0.2, 0) is 12.8 Å². The fourth-order valence-corrected chi connectivity index (χ4v) is 3.62. The van der Waals surface area contributed by atoms with Gasteiger partial charge < -0.3 is 4.90 Å². The number of fused-ring (bicyclic) bond motifs is 1. The summed E-state index contributed by atoms with van der Waals surface area (Å²) in [6, 6.07) is 3.77. The molecule has 1 aliphatic rings. The fraction of sp³-hybridized carbons (Fsp3) is 0.235. The first-order chi connectivity index (χ1) is 11.8. The highest BCUT2D eigenvalue weighted by Gasteiger charge is 2.23. The molecule has 7 heteroatoms. The van der Waals surface area contributed by atoms with Gasteiger partial charge in [-0.05, 0) is 23.9 Å². The zero-order valence-electron chi connectivity index (χ0n) is 12.9. The Morgan fingerprint density at radius 3 is 2.83 bits per heavy atom. The van der Waals surface area contributed by atoms with E-state index in [0.29, 0.717) is 18.7 Å². The number of carbonyl (C=O) groups is 1. The summed E-state index contributed by atoms with van der Waals surface area (Å²) in [5.41, 5.74) is 4.87. The maximum Gasteiger partial charge on any atom is 0.255 e. The van der Waals surface area contributed by atoms with Crippen molar-refractivity contribution < 1.29 is 4.79 Å². The maximum absolute atomic E-state index is 12.6. The van der Waals surface area contributed by atoms with Crippen LogP contribution in [0.2, 0.25) is 0 Å². The van der Waals surface area contributed by atoms with Crippen LogP contribution in [-0.4, -0.2) is 44.1 Å². The Balaban J connectivity index is 1.61. The minimum absolute atomic E-state index is 0.0113. The second-order valence-corrected chi connectivity index (χ2v) is 6.36. The topological polar surface area (TPSA) is 71.9 Å². The molecule has 0 aliphatic carbocycles. The van der Waals surface area contributed by atoms with E-state index in [9.17, 15) is 4.79 Å². The van der Waals surface area contributed by atoms with E-state index < -0.39 is 0 Å². The van der Waals surface area contributed by atoms with Gasteiger partial charge in [0.1, 0.15) is 6.33 Å². The lowest BCUT2D eigenvalue weighted by Gasteiger charge is -2.19. The van der Waals surface area contributed by atoms with Gasteiger partial charge in [-0.2, -0.15) is 21.5 Å². The Morgan fingerprint density at radius 2 is 2.04 bits per heavy atom. The number of aromatic nitrogens is 4. The standard InChI is InChI=1S/C17H15N5OS/c23-17(12-1-5-20-21-9-12)22-6-2-14-15(3-7-22)18-11-19-16(14)13-4-8-24-10-13/h1,4-5,8-11H,2-3,6-7H2. The quantitative estimate of drug-likeness (QED) is 0.717. The van der Waals surface area contributed by atoms with Crippen LogP contribution in [0, 0.1) is 0 Å².